The van der Waals surface area contributed by atoms with Gasteiger partial charge in [-0.2, -0.15) is 0 Å². The normalized spacial score (nSPS) is 19.2. The number of carbonyl (C=O) groups is 1. The molecule has 0 aliphatic carbocycles. The summed E-state index contributed by atoms with van der Waals surface area (Å²) in [4.78, 5) is 13.9. The molecule has 116 valence electrons. The van der Waals surface area contributed by atoms with Crippen molar-refractivity contribution in [3.05, 3.63) is 24.3 Å². The molecule has 0 amide bonds. The Balaban J connectivity index is 1.69. The average molecular weight is 294 g/mol. The topological polar surface area (TPSA) is 74.0 Å². The lowest BCUT2D eigenvalue weighted by Crippen LogP contribution is -2.44. The summed E-state index contributed by atoms with van der Waals surface area (Å²) in [6.45, 7) is 5.57. The number of ether oxygens (including phenoxy) is 3. The Labute approximate surface area is 124 Å². The number of morpholine rings is 1. The Morgan fingerprint density at radius 3 is 3.05 bits per heavy atom. The molecule has 0 aromatic heterocycles. The summed E-state index contributed by atoms with van der Waals surface area (Å²) in [5.41, 5.74) is 6.23. The molecule has 0 radical (unpaired) electrons. The van der Waals surface area contributed by atoms with E-state index in [1.807, 2.05) is 0 Å². The number of para-hydroxylation sites is 2. The zero-order valence-electron chi connectivity index (χ0n) is 12.3. The van der Waals surface area contributed by atoms with Gasteiger partial charge in [0.1, 0.15) is 18.5 Å². The summed E-state index contributed by atoms with van der Waals surface area (Å²) in [5, 5.41) is 0. The van der Waals surface area contributed by atoms with E-state index in [1.165, 1.54) is 0 Å². The number of nitrogen functional groups attached to an aromatic ring is 1. The third-order valence-electron chi connectivity index (χ3n) is 3.36. The lowest BCUT2D eigenvalue weighted by molar-refractivity contribution is -0.152. The van der Waals surface area contributed by atoms with Crippen LogP contribution >= 0.6 is 0 Å². The number of nitrogens with two attached hydrogens (primary N) is 1. The quantitative estimate of drug-likeness (QED) is 0.621. The zero-order valence-corrected chi connectivity index (χ0v) is 12.3. The number of carbonyl (C=O) groups excluding carboxylic acids is 1. The first kappa shape index (κ1) is 15.6. The Morgan fingerprint density at radius 2 is 2.29 bits per heavy atom. The van der Waals surface area contributed by atoms with E-state index in [9.17, 15) is 4.79 Å². The zero-order chi connectivity index (χ0) is 15.1. The van der Waals surface area contributed by atoms with Crippen molar-refractivity contribution in [2.24, 2.45) is 0 Å². The van der Waals surface area contributed by atoms with Crippen molar-refractivity contribution in [1.82, 2.24) is 4.90 Å². The molecular formula is C15H22N2O4. The number of benzene rings is 1. The summed E-state index contributed by atoms with van der Waals surface area (Å²) in [6, 6.07) is 7.04. The van der Waals surface area contributed by atoms with Crippen LogP contribution in [0.2, 0.25) is 0 Å². The van der Waals surface area contributed by atoms with Gasteiger partial charge in [0.25, 0.3) is 0 Å². The molecule has 1 aromatic carbocycles. The molecule has 21 heavy (non-hydrogen) atoms. The second-order valence-electron chi connectivity index (χ2n) is 4.90. The van der Waals surface area contributed by atoms with Crippen LogP contribution in [-0.4, -0.2) is 56.4 Å². The maximum atomic E-state index is 11.7. The first-order valence-electron chi connectivity index (χ1n) is 7.16. The van der Waals surface area contributed by atoms with Crippen molar-refractivity contribution in [2.45, 2.75) is 13.0 Å². The number of rotatable bonds is 6. The molecule has 1 atom stereocenters. The molecule has 6 heteroatoms. The van der Waals surface area contributed by atoms with Gasteiger partial charge < -0.3 is 19.9 Å². The van der Waals surface area contributed by atoms with Crippen LogP contribution in [0, 0.1) is 0 Å². The fourth-order valence-electron chi connectivity index (χ4n) is 2.14. The fraction of sp³-hybridized carbons (Fsp3) is 0.533. The van der Waals surface area contributed by atoms with E-state index in [1.54, 1.807) is 24.3 Å². The van der Waals surface area contributed by atoms with E-state index in [0.717, 1.165) is 19.6 Å². The smallest absolute Gasteiger partial charge is 0.344 e. The van der Waals surface area contributed by atoms with E-state index in [-0.39, 0.29) is 19.3 Å². The molecule has 1 unspecified atom stereocenters. The highest BCUT2D eigenvalue weighted by atomic mass is 16.6. The minimum absolute atomic E-state index is 0.0653. The molecule has 0 spiro atoms. The fourth-order valence-corrected chi connectivity index (χ4v) is 2.14. The summed E-state index contributed by atoms with van der Waals surface area (Å²) < 4.78 is 16.1. The predicted octanol–water partition coefficient (Wildman–Crippen LogP) is 0.911. The van der Waals surface area contributed by atoms with Crippen molar-refractivity contribution in [3.8, 4) is 5.75 Å². The Bertz CT molecular complexity index is 467. The number of esters is 1. The van der Waals surface area contributed by atoms with E-state index in [0.29, 0.717) is 18.0 Å². The highest BCUT2D eigenvalue weighted by Crippen LogP contribution is 2.19. The molecule has 1 aliphatic rings. The number of likely N-dealkylation sites (N-methyl/N-ethyl adjacent to an activating group) is 1. The highest BCUT2D eigenvalue weighted by molar-refractivity contribution is 5.71. The SMILES string of the molecule is CCN1CCOC(COC(=O)COc2ccccc2N)C1. The van der Waals surface area contributed by atoms with Crippen LogP contribution in [0.1, 0.15) is 6.92 Å². The van der Waals surface area contributed by atoms with Crippen molar-refractivity contribution in [1.29, 1.82) is 0 Å². The van der Waals surface area contributed by atoms with Gasteiger partial charge in [0.2, 0.25) is 0 Å². The van der Waals surface area contributed by atoms with Crippen molar-refractivity contribution in [2.75, 3.05) is 45.2 Å². The van der Waals surface area contributed by atoms with E-state index < -0.39 is 5.97 Å². The van der Waals surface area contributed by atoms with Gasteiger partial charge in [0.05, 0.1) is 12.3 Å². The van der Waals surface area contributed by atoms with Gasteiger partial charge in [-0.05, 0) is 18.7 Å². The van der Waals surface area contributed by atoms with Crippen molar-refractivity contribution < 1.29 is 19.0 Å². The summed E-state index contributed by atoms with van der Waals surface area (Å²) in [5.74, 6) is 0.0657. The Kier molecular flexibility index (Phi) is 5.83. The van der Waals surface area contributed by atoms with Gasteiger partial charge >= 0.3 is 5.97 Å². The van der Waals surface area contributed by atoms with Crippen LogP contribution in [0.25, 0.3) is 0 Å². The maximum Gasteiger partial charge on any atom is 0.344 e. The van der Waals surface area contributed by atoms with Crippen LogP contribution in [0.5, 0.6) is 5.75 Å². The first-order valence-corrected chi connectivity index (χ1v) is 7.16. The maximum absolute atomic E-state index is 11.7. The molecule has 2 rings (SSSR count). The van der Waals surface area contributed by atoms with Gasteiger partial charge in [-0.15, -0.1) is 0 Å². The molecule has 1 aliphatic heterocycles. The number of anilines is 1. The minimum atomic E-state index is -0.421. The molecule has 1 saturated heterocycles. The number of nitrogens with zero attached hydrogens (tertiary/aromatic N) is 1. The van der Waals surface area contributed by atoms with Gasteiger partial charge in [-0.1, -0.05) is 19.1 Å². The molecular weight excluding hydrogens is 272 g/mol. The molecule has 6 nitrogen and oxygen atoms in total. The van der Waals surface area contributed by atoms with E-state index in [2.05, 4.69) is 11.8 Å². The van der Waals surface area contributed by atoms with Crippen LogP contribution in [0.3, 0.4) is 0 Å². The first-order chi connectivity index (χ1) is 10.2. The molecule has 0 bridgehead atoms. The monoisotopic (exact) mass is 294 g/mol. The number of hydrogen-bond donors (Lipinski definition) is 1. The van der Waals surface area contributed by atoms with Gasteiger partial charge in [0, 0.05) is 13.1 Å². The molecule has 0 saturated carbocycles. The van der Waals surface area contributed by atoms with Crippen molar-refractivity contribution >= 4 is 11.7 Å². The second-order valence-corrected chi connectivity index (χ2v) is 4.90. The van der Waals surface area contributed by atoms with E-state index in [4.69, 9.17) is 19.9 Å². The summed E-state index contributed by atoms with van der Waals surface area (Å²) in [7, 11) is 0. The van der Waals surface area contributed by atoms with Crippen LogP contribution in [-0.2, 0) is 14.3 Å². The van der Waals surface area contributed by atoms with Gasteiger partial charge in [-0.3, -0.25) is 4.90 Å². The van der Waals surface area contributed by atoms with E-state index >= 15 is 0 Å². The molecule has 2 N–H and O–H groups in total. The van der Waals surface area contributed by atoms with Gasteiger partial charge in [0.15, 0.2) is 6.61 Å². The lowest BCUT2D eigenvalue weighted by Gasteiger charge is -2.31. The molecule has 1 heterocycles. The lowest BCUT2D eigenvalue weighted by atomic mass is 10.3. The van der Waals surface area contributed by atoms with Crippen molar-refractivity contribution in [3.63, 3.8) is 0 Å². The van der Waals surface area contributed by atoms with Crippen LogP contribution in [0.15, 0.2) is 24.3 Å². The molecule has 1 fully saturated rings. The third kappa shape index (κ3) is 4.91. The second kappa shape index (κ2) is 7.85. The highest BCUT2D eigenvalue weighted by Gasteiger charge is 2.20. The summed E-state index contributed by atoms with van der Waals surface area (Å²) in [6.07, 6.45) is -0.0653. The third-order valence-corrected chi connectivity index (χ3v) is 3.36. The van der Waals surface area contributed by atoms with Crippen LogP contribution < -0.4 is 10.5 Å². The van der Waals surface area contributed by atoms with Crippen LogP contribution in [0.4, 0.5) is 5.69 Å². The summed E-state index contributed by atoms with van der Waals surface area (Å²) >= 11 is 0. The Hall–Kier alpha value is -1.79. The van der Waals surface area contributed by atoms with Gasteiger partial charge in [-0.25, -0.2) is 4.79 Å². The predicted molar refractivity (Wildman–Crippen MR) is 79.2 cm³/mol. The molecule has 1 aromatic rings. The Morgan fingerprint density at radius 1 is 1.48 bits per heavy atom. The minimum Gasteiger partial charge on any atom is -0.480 e. The largest absolute Gasteiger partial charge is 0.480 e. The standard InChI is InChI=1S/C15H22N2O4/c1-2-17-7-8-19-12(9-17)10-21-15(18)11-20-14-6-4-3-5-13(14)16/h3-6,12H,2,7-11,16H2,1H3. The number of hydrogen-bond acceptors (Lipinski definition) is 6. The average Bonchev–Trinajstić information content (AvgIpc) is 2.52.